The number of rotatable bonds is 33. The van der Waals surface area contributed by atoms with Crippen molar-refractivity contribution in [2.75, 3.05) is 45.9 Å². The van der Waals surface area contributed by atoms with Crippen LogP contribution in [0, 0.1) is 0 Å². The monoisotopic (exact) mass is 1010 g/mol. The van der Waals surface area contributed by atoms with Crippen molar-refractivity contribution in [3.63, 3.8) is 0 Å². The Hall–Kier alpha value is -8.04. The van der Waals surface area contributed by atoms with Crippen LogP contribution in [0.1, 0.15) is 66.0 Å². The van der Waals surface area contributed by atoms with Crippen LogP contribution in [0.3, 0.4) is 0 Å². The van der Waals surface area contributed by atoms with Crippen LogP contribution in [-0.4, -0.2) is 146 Å². The number of nitrogens with zero attached hydrogens (tertiary/aromatic N) is 2. The zero-order chi connectivity index (χ0) is 53.3. The van der Waals surface area contributed by atoms with Crippen molar-refractivity contribution in [2.24, 2.45) is 0 Å². The molecule has 0 saturated carbocycles. The third-order valence-electron chi connectivity index (χ3n) is 11.4. The molecular weight excluding hydrogens is 949 g/mol. The van der Waals surface area contributed by atoms with Crippen molar-refractivity contribution in [3.8, 4) is 17.2 Å². The molecular formula is C52H64N6O15. The first-order valence-electron chi connectivity index (χ1n) is 23.7. The fraction of sp³-hybridized carbons (Fsp3) is 0.385. The summed E-state index contributed by atoms with van der Waals surface area (Å²) in [7, 11) is 0. The maximum Gasteiger partial charge on any atom is 0.326 e. The molecule has 4 aromatic carbocycles. The second-order valence-corrected chi connectivity index (χ2v) is 17.4. The highest BCUT2D eigenvalue weighted by Gasteiger charge is 2.24. The zero-order valence-electron chi connectivity index (χ0n) is 40.6. The third kappa shape index (κ3) is 21.9. The Kier molecular flexibility index (Phi) is 23.6. The lowest BCUT2D eigenvalue weighted by molar-refractivity contribution is -0.141. The van der Waals surface area contributed by atoms with Crippen molar-refractivity contribution in [2.45, 2.75) is 83.5 Å². The first kappa shape index (κ1) is 57.5. The van der Waals surface area contributed by atoms with E-state index in [9.17, 15) is 63.9 Å². The van der Waals surface area contributed by atoms with Crippen LogP contribution in [-0.2, 0) is 77.1 Å². The quantitative estimate of drug-likeness (QED) is 0.0307. The maximum absolute atomic E-state index is 12.9. The molecule has 0 fully saturated rings. The summed E-state index contributed by atoms with van der Waals surface area (Å²) < 4.78 is 5.63. The Morgan fingerprint density at radius 2 is 1.10 bits per heavy atom. The molecule has 4 amide bonds. The molecule has 0 radical (unpaired) electrons. The average molecular weight is 1010 g/mol. The first-order valence-corrected chi connectivity index (χ1v) is 23.7. The Morgan fingerprint density at radius 3 is 1.63 bits per heavy atom. The average Bonchev–Trinajstić information content (AvgIpc) is 3.34. The van der Waals surface area contributed by atoms with Gasteiger partial charge in [-0.1, -0.05) is 80.1 Å². The SMILES string of the molecule is CCCCNC(=O)C(Cc1ccccc1)NC(=O)COc1ccc(CC(NC(=O)CNC(=O)CCc2ccc(O)c(CN(CCN(CC(=O)O)Cc3cc(CCC(=O)O)ccc3O)CC(=O)O)c2)C(=O)O)cc1. The van der Waals surface area contributed by atoms with Crippen molar-refractivity contribution in [1.29, 1.82) is 0 Å². The summed E-state index contributed by atoms with van der Waals surface area (Å²) in [5.74, 6) is -6.77. The Labute approximate surface area is 422 Å². The highest BCUT2D eigenvalue weighted by Crippen LogP contribution is 2.24. The van der Waals surface area contributed by atoms with Crippen LogP contribution in [0.2, 0.25) is 0 Å². The summed E-state index contributed by atoms with van der Waals surface area (Å²) in [4.78, 5) is 101. The molecule has 0 saturated heterocycles. The van der Waals surface area contributed by atoms with Gasteiger partial charge in [-0.25, -0.2) is 4.79 Å². The number of nitrogens with one attached hydrogen (secondary N) is 4. The molecule has 21 nitrogen and oxygen atoms in total. The number of phenols is 2. The molecule has 4 rings (SSSR count). The van der Waals surface area contributed by atoms with E-state index in [1.807, 2.05) is 37.3 Å². The second kappa shape index (κ2) is 30.0. The number of aromatic hydroxyl groups is 2. The number of unbranched alkanes of at least 4 members (excludes halogenated alkanes) is 1. The van der Waals surface area contributed by atoms with E-state index in [0.717, 1.165) is 18.4 Å². The number of hydrogen-bond acceptors (Lipinski definition) is 13. The number of carbonyl (C=O) groups excluding carboxylic acids is 4. The van der Waals surface area contributed by atoms with Crippen LogP contribution >= 0.6 is 0 Å². The van der Waals surface area contributed by atoms with Crippen LogP contribution in [0.15, 0.2) is 91.0 Å². The van der Waals surface area contributed by atoms with Gasteiger partial charge >= 0.3 is 23.9 Å². The topological polar surface area (TPSA) is 322 Å². The predicted octanol–water partition coefficient (Wildman–Crippen LogP) is 2.47. The normalized spacial score (nSPS) is 11.8. The van der Waals surface area contributed by atoms with Gasteiger partial charge in [-0.05, 0) is 65.8 Å². The Balaban J connectivity index is 1.25. The summed E-state index contributed by atoms with van der Waals surface area (Å²) in [5.41, 5.74) is 3.29. The zero-order valence-corrected chi connectivity index (χ0v) is 40.6. The third-order valence-corrected chi connectivity index (χ3v) is 11.4. The van der Waals surface area contributed by atoms with Gasteiger partial charge in [0.05, 0.1) is 19.6 Å². The molecule has 0 aliphatic heterocycles. The van der Waals surface area contributed by atoms with Gasteiger partial charge in [-0.3, -0.25) is 43.4 Å². The number of carboxylic acid groups (broad SMARTS) is 4. The summed E-state index contributed by atoms with van der Waals surface area (Å²) in [6.45, 7) is 0.590. The minimum atomic E-state index is -1.36. The van der Waals surface area contributed by atoms with E-state index in [2.05, 4.69) is 21.3 Å². The summed E-state index contributed by atoms with van der Waals surface area (Å²) in [6.07, 6.45) is 1.96. The summed E-state index contributed by atoms with van der Waals surface area (Å²) >= 11 is 0. The van der Waals surface area contributed by atoms with E-state index < -0.39 is 73.3 Å². The number of carboxylic acids is 4. The molecule has 392 valence electrons. The minimum Gasteiger partial charge on any atom is -0.508 e. The number of benzene rings is 4. The Bertz CT molecular complexity index is 2510. The van der Waals surface area contributed by atoms with Crippen molar-refractivity contribution < 1.29 is 73.7 Å². The molecule has 0 heterocycles. The van der Waals surface area contributed by atoms with Crippen molar-refractivity contribution >= 4 is 47.5 Å². The van der Waals surface area contributed by atoms with E-state index in [1.54, 1.807) is 36.4 Å². The number of hydrogen-bond donors (Lipinski definition) is 10. The first-order chi connectivity index (χ1) is 34.9. The number of aryl methyl sites for hydroxylation is 2. The fourth-order valence-electron chi connectivity index (χ4n) is 7.55. The molecule has 0 bridgehead atoms. The van der Waals surface area contributed by atoms with E-state index in [0.29, 0.717) is 40.1 Å². The smallest absolute Gasteiger partial charge is 0.326 e. The molecule has 21 heteroatoms. The minimum absolute atomic E-state index is 0.0265. The van der Waals surface area contributed by atoms with Crippen LogP contribution in [0.25, 0.3) is 0 Å². The lowest BCUT2D eigenvalue weighted by atomic mass is 10.0. The molecule has 0 aliphatic carbocycles. The van der Waals surface area contributed by atoms with Crippen molar-refractivity contribution in [3.05, 3.63) is 124 Å². The number of amides is 4. The summed E-state index contributed by atoms with van der Waals surface area (Å²) in [6, 6.07) is 22.4. The highest BCUT2D eigenvalue weighted by molar-refractivity contribution is 5.89. The molecule has 0 aliphatic rings. The second-order valence-electron chi connectivity index (χ2n) is 17.4. The van der Waals surface area contributed by atoms with Crippen molar-refractivity contribution in [1.82, 2.24) is 31.1 Å². The van der Waals surface area contributed by atoms with Gasteiger partial charge < -0.3 is 56.6 Å². The molecule has 0 spiro atoms. The Morgan fingerprint density at radius 1 is 0.575 bits per heavy atom. The van der Waals surface area contributed by atoms with Gasteiger partial charge in [0.15, 0.2) is 6.61 Å². The summed E-state index contributed by atoms with van der Waals surface area (Å²) in [5, 5.41) is 69.8. The number of ether oxygens (including phenoxy) is 1. The lowest BCUT2D eigenvalue weighted by Crippen LogP contribution is -2.49. The van der Waals surface area contributed by atoms with Crippen LogP contribution in [0.5, 0.6) is 17.2 Å². The number of aliphatic carboxylic acids is 4. The fourth-order valence-corrected chi connectivity index (χ4v) is 7.55. The molecule has 2 unspecified atom stereocenters. The standard InChI is InChI=1S/C52H64N6O15/c1-2-3-21-53-51(70)41(26-34-7-5-4-6-8-34)55-47(63)33-73-40-15-9-37(10-16-40)27-42(52(71)72)56-46(62)28-54-45(61)19-13-35-11-17-43(59)38(24-35)29-57(31-49(66)67)22-23-58(32-50(68)69)30-39-25-36(12-18-44(39)60)14-20-48(64)65/h4-12,15-18,24-25,41-42,59-60H,2-3,13-14,19-23,26-33H2,1H3,(H,53,70)(H,54,61)(H,55,63)(H,56,62)(H,64,65)(H,66,67)(H,68,69)(H,71,72). The van der Waals surface area contributed by atoms with Crippen LogP contribution in [0.4, 0.5) is 0 Å². The highest BCUT2D eigenvalue weighted by atomic mass is 16.5. The molecule has 73 heavy (non-hydrogen) atoms. The van der Waals surface area contributed by atoms with Gasteiger partial charge in [-0.2, -0.15) is 0 Å². The molecule has 2 atom stereocenters. The van der Waals surface area contributed by atoms with E-state index in [1.165, 1.54) is 34.1 Å². The lowest BCUT2D eigenvalue weighted by Gasteiger charge is -2.26. The van der Waals surface area contributed by atoms with Gasteiger partial charge in [0.2, 0.25) is 17.7 Å². The van der Waals surface area contributed by atoms with Gasteiger partial charge in [-0.15, -0.1) is 0 Å². The predicted molar refractivity (Wildman–Crippen MR) is 265 cm³/mol. The molecule has 4 aromatic rings. The van der Waals surface area contributed by atoms with Gasteiger partial charge in [0.1, 0.15) is 29.3 Å². The van der Waals surface area contributed by atoms with E-state index in [-0.39, 0.29) is 88.7 Å². The number of phenolic OH excluding ortho intramolecular Hbond substituents is 2. The molecule has 10 N–H and O–H groups in total. The largest absolute Gasteiger partial charge is 0.508 e. The van der Waals surface area contributed by atoms with Gasteiger partial charge in [0, 0.05) is 69.5 Å². The number of carbonyl (C=O) groups is 8. The van der Waals surface area contributed by atoms with E-state index >= 15 is 0 Å². The maximum atomic E-state index is 12.9. The van der Waals surface area contributed by atoms with Gasteiger partial charge in [0.25, 0.3) is 5.91 Å². The molecule has 0 aromatic heterocycles. The van der Waals surface area contributed by atoms with E-state index in [4.69, 9.17) is 9.84 Å². The van der Waals surface area contributed by atoms with Crippen LogP contribution < -0.4 is 26.0 Å².